The Morgan fingerprint density at radius 2 is 1.74 bits per heavy atom. The molecule has 1 heterocycles. The van der Waals surface area contributed by atoms with Gasteiger partial charge >= 0.3 is 5.97 Å². The number of ether oxygens (including phenoxy) is 1. The van der Waals surface area contributed by atoms with Gasteiger partial charge in [-0.05, 0) is 50.6 Å². The number of hydrogen-bond donors (Lipinski definition) is 1. The van der Waals surface area contributed by atoms with Gasteiger partial charge in [0.2, 0.25) is 0 Å². The Kier molecular flexibility index (Phi) is 6.92. The van der Waals surface area contributed by atoms with Crippen LogP contribution in [0.5, 0.6) is 0 Å². The van der Waals surface area contributed by atoms with Crippen molar-refractivity contribution in [1.82, 2.24) is 0 Å². The first-order chi connectivity index (χ1) is 14.7. The third-order valence-corrected chi connectivity index (χ3v) is 7.86. The zero-order valence-corrected chi connectivity index (χ0v) is 19.0. The highest BCUT2D eigenvalue weighted by atomic mass is 32.2. The fourth-order valence-corrected chi connectivity index (χ4v) is 4.97. The minimum atomic E-state index is -3.52. The van der Waals surface area contributed by atoms with Crippen LogP contribution in [-0.4, -0.2) is 32.2 Å². The van der Waals surface area contributed by atoms with Gasteiger partial charge in [-0.3, -0.25) is 4.79 Å². The lowest BCUT2D eigenvalue weighted by Gasteiger charge is -2.10. The highest BCUT2D eigenvalue weighted by molar-refractivity contribution is 7.92. The smallest absolute Gasteiger partial charge is 0.350 e. The molecule has 31 heavy (non-hydrogen) atoms. The van der Waals surface area contributed by atoms with E-state index in [9.17, 15) is 18.0 Å². The second-order valence-corrected chi connectivity index (χ2v) is 10.6. The molecule has 0 spiro atoms. The van der Waals surface area contributed by atoms with E-state index in [-0.39, 0.29) is 21.9 Å². The summed E-state index contributed by atoms with van der Waals surface area (Å²) in [5.74, 6) is -1.04. The molecule has 2 aromatic carbocycles. The fraction of sp³-hybridized carbons (Fsp3) is 0.217. The molecule has 6 nitrogen and oxygen atoms in total. The van der Waals surface area contributed by atoms with Crippen LogP contribution < -0.4 is 5.32 Å². The highest BCUT2D eigenvalue weighted by Crippen LogP contribution is 2.35. The van der Waals surface area contributed by atoms with E-state index in [1.807, 2.05) is 30.3 Å². The summed E-state index contributed by atoms with van der Waals surface area (Å²) in [6.45, 7) is 5.09. The van der Waals surface area contributed by atoms with E-state index < -0.39 is 27.0 Å². The number of hydrogen-bond acceptors (Lipinski definition) is 6. The molecule has 0 unspecified atom stereocenters. The van der Waals surface area contributed by atoms with Gasteiger partial charge in [0.15, 0.2) is 9.84 Å². The van der Waals surface area contributed by atoms with Crippen LogP contribution in [0.15, 0.2) is 65.6 Å². The van der Waals surface area contributed by atoms with Gasteiger partial charge in [0.05, 0.1) is 22.4 Å². The summed E-state index contributed by atoms with van der Waals surface area (Å²) in [6, 6.07) is 17.1. The Bertz CT molecular complexity index is 1200. The summed E-state index contributed by atoms with van der Waals surface area (Å²) in [7, 11) is -3.52. The second kappa shape index (κ2) is 9.45. The van der Waals surface area contributed by atoms with Gasteiger partial charge in [0.1, 0.15) is 4.88 Å². The van der Waals surface area contributed by atoms with Crippen molar-refractivity contribution in [3.05, 3.63) is 71.1 Å². The van der Waals surface area contributed by atoms with Crippen LogP contribution in [0, 0.1) is 0 Å². The van der Waals surface area contributed by atoms with Crippen molar-refractivity contribution in [2.75, 3.05) is 11.9 Å². The number of sulfone groups is 1. The quantitative estimate of drug-likeness (QED) is 0.503. The van der Waals surface area contributed by atoms with Crippen molar-refractivity contribution in [1.29, 1.82) is 0 Å². The molecule has 0 aliphatic carbocycles. The maximum atomic E-state index is 12.9. The molecule has 0 atom stereocenters. The molecule has 0 saturated carbocycles. The average molecular weight is 458 g/mol. The number of benzene rings is 2. The van der Waals surface area contributed by atoms with E-state index in [0.717, 1.165) is 10.4 Å². The SMILES string of the molecule is CCOC(=O)c1sc(-c2ccccc2)cc1NC(=O)c1cccc(S(=O)(=O)C(C)C)c1. The standard InChI is InChI=1S/C23H23NO5S2/c1-4-29-23(26)21-19(14-20(30-21)16-9-6-5-7-10-16)24-22(25)17-11-8-12-18(13-17)31(27,28)15(2)3/h5-15H,4H2,1-3H3,(H,24,25). The molecule has 0 radical (unpaired) electrons. The van der Waals surface area contributed by atoms with Crippen molar-refractivity contribution in [2.45, 2.75) is 30.9 Å². The minimum absolute atomic E-state index is 0.0797. The molecular weight excluding hydrogens is 434 g/mol. The van der Waals surface area contributed by atoms with Crippen LogP contribution in [0.1, 0.15) is 40.8 Å². The molecule has 0 aliphatic heterocycles. The molecule has 0 bridgehead atoms. The minimum Gasteiger partial charge on any atom is -0.462 e. The molecule has 0 saturated heterocycles. The van der Waals surface area contributed by atoms with Crippen LogP contribution in [0.2, 0.25) is 0 Å². The number of thiophene rings is 1. The Morgan fingerprint density at radius 3 is 2.39 bits per heavy atom. The number of amides is 1. The first-order valence-corrected chi connectivity index (χ1v) is 12.1. The van der Waals surface area contributed by atoms with Crippen LogP contribution in [0.3, 0.4) is 0 Å². The van der Waals surface area contributed by atoms with E-state index in [1.165, 1.54) is 35.6 Å². The Labute approximate surface area is 185 Å². The van der Waals surface area contributed by atoms with Crippen molar-refractivity contribution >= 4 is 38.7 Å². The molecule has 1 aromatic heterocycles. The number of carbonyl (C=O) groups excluding carboxylic acids is 2. The molecule has 8 heteroatoms. The number of nitrogens with one attached hydrogen (secondary N) is 1. The van der Waals surface area contributed by atoms with Crippen LogP contribution in [0.25, 0.3) is 10.4 Å². The number of carbonyl (C=O) groups is 2. The van der Waals surface area contributed by atoms with Gasteiger partial charge in [-0.2, -0.15) is 0 Å². The van der Waals surface area contributed by atoms with E-state index in [1.54, 1.807) is 26.8 Å². The number of anilines is 1. The molecule has 0 aliphatic rings. The molecule has 1 N–H and O–H groups in total. The Morgan fingerprint density at radius 1 is 1.03 bits per heavy atom. The molecule has 3 aromatic rings. The monoisotopic (exact) mass is 457 g/mol. The van der Waals surface area contributed by atoms with Gasteiger partial charge in [-0.25, -0.2) is 13.2 Å². The zero-order valence-electron chi connectivity index (χ0n) is 17.4. The van der Waals surface area contributed by atoms with E-state index in [2.05, 4.69) is 5.32 Å². The first-order valence-electron chi connectivity index (χ1n) is 9.75. The van der Waals surface area contributed by atoms with Crippen molar-refractivity contribution in [3.8, 4) is 10.4 Å². The lowest BCUT2D eigenvalue weighted by atomic mass is 10.2. The van der Waals surface area contributed by atoms with E-state index in [0.29, 0.717) is 5.69 Å². The summed E-state index contributed by atoms with van der Waals surface area (Å²) < 4.78 is 30.0. The highest BCUT2D eigenvalue weighted by Gasteiger charge is 2.23. The second-order valence-electron chi connectivity index (χ2n) is 7.02. The summed E-state index contributed by atoms with van der Waals surface area (Å²) in [4.78, 5) is 26.5. The molecule has 1 amide bonds. The normalized spacial score (nSPS) is 11.4. The Hall–Kier alpha value is -2.97. The van der Waals surface area contributed by atoms with Crippen molar-refractivity contribution in [3.63, 3.8) is 0 Å². The van der Waals surface area contributed by atoms with Crippen LogP contribution in [0.4, 0.5) is 5.69 Å². The van der Waals surface area contributed by atoms with Gasteiger partial charge in [0.25, 0.3) is 5.91 Å². The maximum Gasteiger partial charge on any atom is 0.350 e. The van der Waals surface area contributed by atoms with Crippen LogP contribution >= 0.6 is 11.3 Å². The summed E-state index contributed by atoms with van der Waals surface area (Å²) in [5, 5.41) is 2.13. The van der Waals surface area contributed by atoms with Gasteiger partial charge in [-0.1, -0.05) is 36.4 Å². The van der Waals surface area contributed by atoms with Gasteiger partial charge in [-0.15, -0.1) is 11.3 Å². The average Bonchev–Trinajstić information content (AvgIpc) is 3.18. The van der Waals surface area contributed by atoms with Crippen molar-refractivity contribution in [2.24, 2.45) is 0 Å². The Balaban J connectivity index is 1.95. The third kappa shape index (κ3) is 5.03. The lowest BCUT2D eigenvalue weighted by molar-refractivity contribution is 0.0533. The van der Waals surface area contributed by atoms with Crippen LogP contribution in [-0.2, 0) is 14.6 Å². The number of rotatable bonds is 7. The predicted octanol–water partition coefficient (Wildman–Crippen LogP) is 5.03. The number of esters is 1. The topological polar surface area (TPSA) is 89.5 Å². The van der Waals surface area contributed by atoms with E-state index >= 15 is 0 Å². The molecule has 0 fully saturated rings. The third-order valence-electron chi connectivity index (χ3n) is 4.54. The molecular formula is C23H23NO5S2. The summed E-state index contributed by atoms with van der Waals surface area (Å²) in [6.07, 6.45) is 0. The van der Waals surface area contributed by atoms with Crippen molar-refractivity contribution < 1.29 is 22.7 Å². The molecule has 3 rings (SSSR count). The van der Waals surface area contributed by atoms with E-state index in [4.69, 9.17) is 4.74 Å². The van der Waals surface area contributed by atoms with Gasteiger partial charge < -0.3 is 10.1 Å². The molecule has 162 valence electrons. The predicted molar refractivity (Wildman–Crippen MR) is 122 cm³/mol. The largest absolute Gasteiger partial charge is 0.462 e. The van der Waals surface area contributed by atoms with Gasteiger partial charge in [0, 0.05) is 10.4 Å². The lowest BCUT2D eigenvalue weighted by Crippen LogP contribution is -2.17. The maximum absolute atomic E-state index is 12.9. The fourth-order valence-electron chi connectivity index (χ4n) is 2.86. The zero-order chi connectivity index (χ0) is 22.6. The summed E-state index contributed by atoms with van der Waals surface area (Å²) >= 11 is 1.22. The first kappa shape index (κ1) is 22.7. The summed E-state index contributed by atoms with van der Waals surface area (Å²) in [5.41, 5.74) is 1.41.